The molecule has 6 nitrogen and oxygen atoms in total. The molecule has 0 amide bonds. The van der Waals surface area contributed by atoms with E-state index in [1.54, 1.807) is 38.3 Å². The fraction of sp³-hybridized carbons (Fsp3) is 0.250. The van der Waals surface area contributed by atoms with E-state index in [4.69, 9.17) is 14.2 Å². The van der Waals surface area contributed by atoms with Crippen LogP contribution in [-0.2, 0) is 0 Å². The Balaban J connectivity index is 2.50. The minimum Gasteiger partial charge on any atom is -0.507 e. The first kappa shape index (κ1) is 19.2. The molecule has 0 aliphatic carbocycles. The van der Waals surface area contributed by atoms with Gasteiger partial charge in [0.1, 0.15) is 34.3 Å². The van der Waals surface area contributed by atoms with E-state index >= 15 is 0 Å². The summed E-state index contributed by atoms with van der Waals surface area (Å²) >= 11 is 0. The lowest BCUT2D eigenvalue weighted by Crippen LogP contribution is -2.03. The lowest BCUT2D eigenvalue weighted by Gasteiger charge is -2.15. The van der Waals surface area contributed by atoms with Gasteiger partial charge in [0.15, 0.2) is 5.78 Å². The van der Waals surface area contributed by atoms with Crippen LogP contribution < -0.4 is 14.2 Å². The van der Waals surface area contributed by atoms with Crippen molar-refractivity contribution in [1.29, 1.82) is 0 Å². The van der Waals surface area contributed by atoms with Crippen LogP contribution in [0.4, 0.5) is 0 Å². The Morgan fingerprint density at radius 1 is 0.962 bits per heavy atom. The molecule has 0 atom stereocenters. The second-order valence-corrected chi connectivity index (χ2v) is 5.66. The number of aromatic hydroxyl groups is 2. The molecule has 0 aromatic heterocycles. The zero-order valence-corrected chi connectivity index (χ0v) is 15.4. The lowest BCUT2D eigenvalue weighted by molar-refractivity contribution is 0.104. The van der Waals surface area contributed by atoms with E-state index in [9.17, 15) is 15.0 Å². The van der Waals surface area contributed by atoms with Gasteiger partial charge in [0.25, 0.3) is 0 Å². The normalized spacial score (nSPS) is 10.8. The summed E-state index contributed by atoms with van der Waals surface area (Å²) in [5, 5.41) is 20.4. The van der Waals surface area contributed by atoms with E-state index in [0.29, 0.717) is 22.6 Å². The molecule has 0 spiro atoms. The van der Waals surface area contributed by atoms with E-state index in [-0.39, 0.29) is 28.4 Å². The summed E-state index contributed by atoms with van der Waals surface area (Å²) < 4.78 is 15.7. The third kappa shape index (κ3) is 3.44. The molecule has 0 heterocycles. The molecular formula is C20H22O6. The summed E-state index contributed by atoms with van der Waals surface area (Å²) in [7, 11) is 4.45. The summed E-state index contributed by atoms with van der Waals surface area (Å²) in [4.78, 5) is 12.7. The monoisotopic (exact) mass is 358 g/mol. The number of rotatable bonds is 6. The Hall–Kier alpha value is -3.15. The number of ether oxygens (including phenoxy) is 3. The maximum Gasteiger partial charge on any atom is 0.193 e. The van der Waals surface area contributed by atoms with Crippen LogP contribution in [0, 0.1) is 13.8 Å². The van der Waals surface area contributed by atoms with E-state index in [1.165, 1.54) is 27.2 Å². The molecule has 2 N–H and O–H groups in total. The highest BCUT2D eigenvalue weighted by Crippen LogP contribution is 2.41. The van der Waals surface area contributed by atoms with E-state index in [1.807, 2.05) is 0 Å². The van der Waals surface area contributed by atoms with Gasteiger partial charge in [0.05, 0.1) is 21.3 Å². The molecule has 2 aromatic rings. The Labute approximate surface area is 152 Å². The first-order valence-corrected chi connectivity index (χ1v) is 7.89. The number of benzene rings is 2. The number of ketones is 1. The van der Waals surface area contributed by atoms with Gasteiger partial charge >= 0.3 is 0 Å². The average molecular weight is 358 g/mol. The first-order chi connectivity index (χ1) is 12.3. The number of carbonyl (C=O) groups excluding carboxylic acids is 1. The Morgan fingerprint density at radius 2 is 1.65 bits per heavy atom. The van der Waals surface area contributed by atoms with Crippen molar-refractivity contribution in [3.63, 3.8) is 0 Å². The molecule has 2 rings (SSSR count). The maximum absolute atomic E-state index is 12.7. The van der Waals surface area contributed by atoms with Crippen molar-refractivity contribution in [2.24, 2.45) is 0 Å². The molecule has 0 aliphatic rings. The maximum atomic E-state index is 12.7. The Kier molecular flexibility index (Phi) is 5.77. The average Bonchev–Trinajstić information content (AvgIpc) is 2.66. The molecule has 0 saturated heterocycles. The number of carbonyl (C=O) groups is 1. The van der Waals surface area contributed by atoms with Gasteiger partial charge in [-0.3, -0.25) is 4.79 Å². The van der Waals surface area contributed by atoms with Crippen molar-refractivity contribution in [3.8, 4) is 28.7 Å². The molecule has 0 bridgehead atoms. The van der Waals surface area contributed by atoms with Crippen LogP contribution in [0.15, 0.2) is 24.3 Å². The van der Waals surface area contributed by atoms with Gasteiger partial charge in [0, 0.05) is 16.7 Å². The number of allylic oxidation sites excluding steroid dienone is 1. The second kappa shape index (κ2) is 7.82. The summed E-state index contributed by atoms with van der Waals surface area (Å²) in [6.45, 7) is 3.15. The molecule has 0 fully saturated rings. The number of phenols is 2. The SMILES string of the molecule is COc1ccc(OC)c(C=CC(=O)c2c(O)c(C)c(O)c(C)c2OC)c1. The molecule has 6 heteroatoms. The van der Waals surface area contributed by atoms with Gasteiger partial charge in [-0.15, -0.1) is 0 Å². The second-order valence-electron chi connectivity index (χ2n) is 5.66. The Bertz CT molecular complexity index is 867. The van der Waals surface area contributed by atoms with Crippen molar-refractivity contribution >= 4 is 11.9 Å². The molecule has 0 aliphatic heterocycles. The van der Waals surface area contributed by atoms with Crippen molar-refractivity contribution in [1.82, 2.24) is 0 Å². The number of methoxy groups -OCH3 is 3. The molecule has 138 valence electrons. The third-order valence-electron chi connectivity index (χ3n) is 4.17. The van der Waals surface area contributed by atoms with Gasteiger partial charge in [-0.25, -0.2) is 0 Å². The van der Waals surface area contributed by atoms with Crippen LogP contribution in [0.3, 0.4) is 0 Å². The predicted molar refractivity (Wildman–Crippen MR) is 98.7 cm³/mol. The number of hydrogen-bond donors (Lipinski definition) is 2. The van der Waals surface area contributed by atoms with Crippen molar-refractivity contribution in [2.45, 2.75) is 13.8 Å². The van der Waals surface area contributed by atoms with Crippen LogP contribution in [0.1, 0.15) is 27.0 Å². The van der Waals surface area contributed by atoms with Crippen LogP contribution >= 0.6 is 0 Å². The summed E-state index contributed by atoms with van der Waals surface area (Å²) in [6.07, 6.45) is 2.88. The number of phenolic OH excluding ortho intramolecular Hbond substituents is 2. The van der Waals surface area contributed by atoms with Gasteiger partial charge < -0.3 is 24.4 Å². The lowest BCUT2D eigenvalue weighted by atomic mass is 9.98. The molecule has 0 unspecified atom stereocenters. The number of hydrogen-bond acceptors (Lipinski definition) is 6. The zero-order valence-electron chi connectivity index (χ0n) is 15.4. The van der Waals surface area contributed by atoms with Gasteiger partial charge in [-0.2, -0.15) is 0 Å². The molecule has 2 aromatic carbocycles. The van der Waals surface area contributed by atoms with Crippen molar-refractivity contribution in [2.75, 3.05) is 21.3 Å². The molecule has 0 radical (unpaired) electrons. The first-order valence-electron chi connectivity index (χ1n) is 7.89. The topological polar surface area (TPSA) is 85.2 Å². The van der Waals surface area contributed by atoms with Gasteiger partial charge in [-0.05, 0) is 44.2 Å². The van der Waals surface area contributed by atoms with Crippen LogP contribution in [0.5, 0.6) is 28.7 Å². The van der Waals surface area contributed by atoms with Crippen molar-refractivity contribution < 1.29 is 29.2 Å². The highest BCUT2D eigenvalue weighted by Gasteiger charge is 2.23. The third-order valence-corrected chi connectivity index (χ3v) is 4.17. The molecule has 0 saturated carbocycles. The summed E-state index contributed by atoms with van der Waals surface area (Å²) in [5.41, 5.74) is 1.25. The van der Waals surface area contributed by atoms with Gasteiger partial charge in [0.2, 0.25) is 0 Å². The van der Waals surface area contributed by atoms with Crippen LogP contribution in [0.25, 0.3) is 6.08 Å². The van der Waals surface area contributed by atoms with E-state index in [2.05, 4.69) is 0 Å². The van der Waals surface area contributed by atoms with E-state index < -0.39 is 5.78 Å². The Morgan fingerprint density at radius 3 is 2.23 bits per heavy atom. The van der Waals surface area contributed by atoms with Crippen LogP contribution in [0.2, 0.25) is 0 Å². The van der Waals surface area contributed by atoms with E-state index in [0.717, 1.165) is 0 Å². The smallest absolute Gasteiger partial charge is 0.193 e. The summed E-state index contributed by atoms with van der Waals surface area (Å²) in [6, 6.07) is 5.21. The molecule has 26 heavy (non-hydrogen) atoms. The summed E-state index contributed by atoms with van der Waals surface area (Å²) in [5.74, 6) is 0.457. The van der Waals surface area contributed by atoms with Gasteiger partial charge in [-0.1, -0.05) is 0 Å². The standard InChI is InChI=1S/C20H22O6/c1-11-18(22)12(2)20(26-5)17(19(11)23)15(21)8-6-13-10-14(24-3)7-9-16(13)25-4/h6-10,22-23H,1-5H3. The molecular weight excluding hydrogens is 336 g/mol. The predicted octanol–water partition coefficient (Wildman–Crippen LogP) is 3.64. The van der Waals surface area contributed by atoms with Crippen LogP contribution in [-0.4, -0.2) is 37.3 Å². The largest absolute Gasteiger partial charge is 0.507 e. The fourth-order valence-electron chi connectivity index (χ4n) is 2.69. The minimum absolute atomic E-state index is 0.00147. The highest BCUT2D eigenvalue weighted by molar-refractivity contribution is 6.11. The quantitative estimate of drug-likeness (QED) is 0.606. The minimum atomic E-state index is -0.463. The zero-order chi connectivity index (χ0) is 19.4. The highest BCUT2D eigenvalue weighted by atomic mass is 16.5. The fourth-order valence-corrected chi connectivity index (χ4v) is 2.69. The van der Waals surface area contributed by atoms with Crippen molar-refractivity contribution in [3.05, 3.63) is 46.5 Å².